The van der Waals surface area contributed by atoms with Gasteiger partial charge in [0, 0.05) is 10.5 Å². The van der Waals surface area contributed by atoms with E-state index >= 15 is 0 Å². The number of hydrogen-bond acceptors (Lipinski definition) is 3. The average molecular weight is 342 g/mol. The van der Waals surface area contributed by atoms with E-state index in [-0.39, 0.29) is 17.1 Å². The van der Waals surface area contributed by atoms with Gasteiger partial charge in [-0.25, -0.2) is 0 Å². The predicted molar refractivity (Wildman–Crippen MR) is 97.9 cm³/mol. The van der Waals surface area contributed by atoms with Gasteiger partial charge in [-0.3, -0.25) is 20.4 Å². The number of benzene rings is 2. The molecule has 0 saturated carbocycles. The van der Waals surface area contributed by atoms with E-state index in [2.05, 4.69) is 17.8 Å². The summed E-state index contributed by atoms with van der Waals surface area (Å²) in [5.74, 6) is -0.558. The van der Waals surface area contributed by atoms with Gasteiger partial charge in [0.25, 0.3) is 11.8 Å². The van der Waals surface area contributed by atoms with Crippen molar-refractivity contribution in [3.8, 4) is 0 Å². The van der Waals surface area contributed by atoms with Gasteiger partial charge >= 0.3 is 0 Å². The molecule has 0 bridgehead atoms. The fourth-order valence-corrected chi connectivity index (χ4v) is 2.93. The molecular weight excluding hydrogens is 320 g/mol. The fraction of sp³-hybridized carbons (Fsp3) is 0.263. The van der Waals surface area contributed by atoms with Gasteiger partial charge in [-0.05, 0) is 50.1 Å². The number of amides is 2. The van der Waals surface area contributed by atoms with Crippen LogP contribution in [-0.4, -0.2) is 17.1 Å². The van der Waals surface area contributed by atoms with Crippen molar-refractivity contribution in [1.82, 2.24) is 10.9 Å². The van der Waals surface area contributed by atoms with Crippen LogP contribution in [-0.2, 0) is 11.2 Å². The van der Waals surface area contributed by atoms with Gasteiger partial charge in [0.2, 0.25) is 0 Å². The lowest BCUT2D eigenvalue weighted by Gasteiger charge is -2.13. The van der Waals surface area contributed by atoms with Crippen LogP contribution >= 0.6 is 11.8 Å². The first-order chi connectivity index (χ1) is 11.5. The summed E-state index contributed by atoms with van der Waals surface area (Å²) in [6, 6.07) is 15.3. The fourth-order valence-electron chi connectivity index (χ4n) is 2.06. The Balaban J connectivity index is 1.84. The van der Waals surface area contributed by atoms with Gasteiger partial charge in [-0.2, -0.15) is 0 Å². The van der Waals surface area contributed by atoms with E-state index in [1.165, 1.54) is 22.9 Å². The minimum absolute atomic E-state index is 0.237. The summed E-state index contributed by atoms with van der Waals surface area (Å²) >= 11 is 1.45. The molecular formula is C19H22N2O2S. The van der Waals surface area contributed by atoms with Crippen molar-refractivity contribution in [3.05, 3.63) is 65.2 Å². The summed E-state index contributed by atoms with van der Waals surface area (Å²) < 4.78 is 0. The highest BCUT2D eigenvalue weighted by Gasteiger charge is 2.15. The van der Waals surface area contributed by atoms with Crippen molar-refractivity contribution in [3.63, 3.8) is 0 Å². The first-order valence-corrected chi connectivity index (χ1v) is 8.80. The largest absolute Gasteiger partial charge is 0.272 e. The predicted octanol–water partition coefficient (Wildman–Crippen LogP) is 3.50. The number of aryl methyl sites for hydroxylation is 2. The normalized spacial score (nSPS) is 11.6. The highest BCUT2D eigenvalue weighted by molar-refractivity contribution is 8.00. The van der Waals surface area contributed by atoms with Crippen molar-refractivity contribution in [2.45, 2.75) is 37.3 Å². The van der Waals surface area contributed by atoms with Gasteiger partial charge in [-0.15, -0.1) is 11.8 Å². The summed E-state index contributed by atoms with van der Waals surface area (Å²) in [5.41, 5.74) is 7.81. The molecule has 2 aromatic carbocycles. The van der Waals surface area contributed by atoms with Crippen LogP contribution in [0.5, 0.6) is 0 Å². The molecule has 0 unspecified atom stereocenters. The zero-order valence-electron chi connectivity index (χ0n) is 14.1. The third-order valence-electron chi connectivity index (χ3n) is 3.63. The molecule has 1 atom stereocenters. The third-order valence-corrected chi connectivity index (χ3v) is 4.74. The first-order valence-electron chi connectivity index (χ1n) is 7.92. The van der Waals surface area contributed by atoms with Crippen LogP contribution in [0.15, 0.2) is 53.4 Å². The maximum atomic E-state index is 12.1. The smallest absolute Gasteiger partial charge is 0.269 e. The Labute approximate surface area is 147 Å². The minimum atomic E-state index is -0.321. The monoisotopic (exact) mass is 342 g/mol. The average Bonchev–Trinajstić information content (AvgIpc) is 2.61. The Kier molecular flexibility index (Phi) is 6.44. The van der Waals surface area contributed by atoms with E-state index in [0.29, 0.717) is 5.56 Å². The van der Waals surface area contributed by atoms with Crippen molar-refractivity contribution < 1.29 is 9.59 Å². The van der Waals surface area contributed by atoms with E-state index in [1.54, 1.807) is 12.1 Å². The maximum absolute atomic E-state index is 12.1. The zero-order chi connectivity index (χ0) is 17.5. The maximum Gasteiger partial charge on any atom is 0.269 e. The van der Waals surface area contributed by atoms with Gasteiger partial charge in [0.1, 0.15) is 0 Å². The van der Waals surface area contributed by atoms with Gasteiger partial charge in [-0.1, -0.05) is 36.8 Å². The van der Waals surface area contributed by atoms with E-state index in [9.17, 15) is 9.59 Å². The highest BCUT2D eigenvalue weighted by Crippen LogP contribution is 2.23. The highest BCUT2D eigenvalue weighted by atomic mass is 32.2. The Morgan fingerprint density at radius 1 is 1.00 bits per heavy atom. The molecule has 2 aromatic rings. The molecule has 0 radical (unpaired) electrons. The topological polar surface area (TPSA) is 58.2 Å². The van der Waals surface area contributed by atoms with E-state index < -0.39 is 0 Å². The van der Waals surface area contributed by atoms with Crippen molar-refractivity contribution in [1.29, 1.82) is 0 Å². The van der Waals surface area contributed by atoms with Crippen LogP contribution in [0.3, 0.4) is 0 Å². The van der Waals surface area contributed by atoms with Crippen LogP contribution < -0.4 is 10.9 Å². The van der Waals surface area contributed by atoms with Gasteiger partial charge < -0.3 is 0 Å². The summed E-state index contributed by atoms with van der Waals surface area (Å²) in [6.07, 6.45) is 0.923. The van der Waals surface area contributed by atoms with Crippen LogP contribution in [0.25, 0.3) is 0 Å². The SMILES string of the molecule is CCc1ccc(C(=O)NNC(=O)[C@@H](C)Sc2ccc(C)cc2)cc1. The molecule has 0 fully saturated rings. The third kappa shape index (κ3) is 5.13. The molecule has 0 saturated heterocycles. The van der Waals surface area contributed by atoms with E-state index in [0.717, 1.165) is 11.3 Å². The number of nitrogens with one attached hydrogen (secondary N) is 2. The van der Waals surface area contributed by atoms with Crippen LogP contribution in [0, 0.1) is 6.92 Å². The standard InChI is InChI=1S/C19H22N2O2S/c1-4-15-7-9-16(10-8-15)19(23)21-20-18(22)14(3)24-17-11-5-13(2)6-12-17/h5-12,14H,4H2,1-3H3,(H,20,22)(H,21,23)/t14-/m1/s1. The number of carbonyl (C=O) groups excluding carboxylic acids is 2. The molecule has 0 heterocycles. The van der Waals surface area contributed by atoms with Crippen LogP contribution in [0.2, 0.25) is 0 Å². The molecule has 0 aliphatic rings. The molecule has 24 heavy (non-hydrogen) atoms. The molecule has 4 nitrogen and oxygen atoms in total. The van der Waals surface area contributed by atoms with Crippen LogP contribution in [0.4, 0.5) is 0 Å². The van der Waals surface area contributed by atoms with Crippen molar-refractivity contribution in [2.24, 2.45) is 0 Å². The van der Waals surface area contributed by atoms with E-state index in [4.69, 9.17) is 0 Å². The second-order valence-corrected chi connectivity index (χ2v) is 6.98. The molecule has 0 aromatic heterocycles. The second-order valence-electron chi connectivity index (χ2n) is 5.57. The molecule has 126 valence electrons. The molecule has 2 amide bonds. The summed E-state index contributed by atoms with van der Waals surface area (Å²) in [4.78, 5) is 25.2. The van der Waals surface area contributed by atoms with E-state index in [1.807, 2.05) is 50.2 Å². The quantitative estimate of drug-likeness (QED) is 0.646. The first kappa shape index (κ1) is 18.1. The number of rotatable bonds is 5. The minimum Gasteiger partial charge on any atom is -0.272 e. The summed E-state index contributed by atoms with van der Waals surface area (Å²) in [7, 11) is 0. The number of thioether (sulfide) groups is 1. The Morgan fingerprint density at radius 3 is 2.21 bits per heavy atom. The molecule has 5 heteroatoms. The number of carbonyl (C=O) groups is 2. The second kappa shape index (κ2) is 8.55. The molecule has 0 aliphatic carbocycles. The summed E-state index contributed by atoms with van der Waals surface area (Å²) in [5, 5.41) is -0.310. The Bertz CT molecular complexity index is 696. The lowest BCUT2D eigenvalue weighted by molar-refractivity contribution is -0.121. The van der Waals surface area contributed by atoms with Gasteiger partial charge in [0.15, 0.2) is 0 Å². The van der Waals surface area contributed by atoms with Gasteiger partial charge in [0.05, 0.1) is 5.25 Å². The zero-order valence-corrected chi connectivity index (χ0v) is 14.9. The van der Waals surface area contributed by atoms with Crippen LogP contribution in [0.1, 0.15) is 35.3 Å². The Morgan fingerprint density at radius 2 is 1.62 bits per heavy atom. The molecule has 2 N–H and O–H groups in total. The lowest BCUT2D eigenvalue weighted by Crippen LogP contribution is -2.44. The molecule has 0 spiro atoms. The summed E-state index contributed by atoms with van der Waals surface area (Å²) in [6.45, 7) is 5.89. The molecule has 2 rings (SSSR count). The Hall–Kier alpha value is -2.27. The molecule has 0 aliphatic heterocycles. The number of hydrazine groups is 1. The number of hydrogen-bond donors (Lipinski definition) is 2. The lowest BCUT2D eigenvalue weighted by atomic mass is 10.1. The van der Waals surface area contributed by atoms with Crippen molar-refractivity contribution >= 4 is 23.6 Å². The van der Waals surface area contributed by atoms with Crippen molar-refractivity contribution in [2.75, 3.05) is 0 Å².